The quantitative estimate of drug-likeness (QED) is 0.713. The fourth-order valence-corrected chi connectivity index (χ4v) is 2.20. The lowest BCUT2D eigenvalue weighted by atomic mass is 9.87. The maximum atomic E-state index is 12.3. The molecule has 1 aromatic rings. The first kappa shape index (κ1) is 11.3. The third-order valence-corrected chi connectivity index (χ3v) is 3.23. The molecule has 0 spiro atoms. The molecule has 1 fully saturated rings. The van der Waals surface area contributed by atoms with Crippen LogP contribution in [-0.2, 0) is 4.74 Å². The molecule has 86 valence electrons. The van der Waals surface area contributed by atoms with Gasteiger partial charge in [-0.25, -0.2) is 0 Å². The molecular weight excluding hydrogens is 200 g/mol. The Morgan fingerprint density at radius 3 is 2.81 bits per heavy atom. The Bertz CT molecular complexity index is 389. The molecule has 0 N–H and O–H groups in total. The number of benzene rings is 1. The van der Waals surface area contributed by atoms with Gasteiger partial charge in [0, 0.05) is 12.2 Å². The summed E-state index contributed by atoms with van der Waals surface area (Å²) in [6.45, 7) is 4.62. The van der Waals surface area contributed by atoms with Crippen LogP contribution in [0.2, 0.25) is 0 Å². The second kappa shape index (κ2) is 4.38. The summed E-state index contributed by atoms with van der Waals surface area (Å²) < 4.78 is 5.67. The van der Waals surface area contributed by atoms with E-state index in [1.54, 1.807) is 0 Å². The molecule has 2 nitrogen and oxygen atoms in total. The van der Waals surface area contributed by atoms with Crippen molar-refractivity contribution < 1.29 is 9.53 Å². The Kier molecular flexibility index (Phi) is 3.10. The lowest BCUT2D eigenvalue weighted by molar-refractivity contribution is -0.0426. The van der Waals surface area contributed by atoms with Gasteiger partial charge in [0.15, 0.2) is 5.78 Å². The van der Waals surface area contributed by atoms with Crippen molar-refractivity contribution in [3.05, 3.63) is 35.4 Å². The fourth-order valence-electron chi connectivity index (χ4n) is 2.20. The Balaban J connectivity index is 2.24. The molecule has 2 rings (SSSR count). The van der Waals surface area contributed by atoms with E-state index in [0.717, 1.165) is 30.4 Å². The van der Waals surface area contributed by atoms with E-state index in [0.29, 0.717) is 6.61 Å². The predicted octanol–water partition coefficient (Wildman–Crippen LogP) is 3.14. The molecule has 16 heavy (non-hydrogen) atoms. The van der Waals surface area contributed by atoms with Crippen LogP contribution in [-0.4, -0.2) is 18.0 Å². The summed E-state index contributed by atoms with van der Waals surface area (Å²) in [5.74, 6) is 0.121. The van der Waals surface area contributed by atoms with Crippen molar-refractivity contribution in [2.75, 3.05) is 6.61 Å². The van der Waals surface area contributed by atoms with Crippen LogP contribution in [0.25, 0.3) is 0 Å². The van der Waals surface area contributed by atoms with Gasteiger partial charge in [0.25, 0.3) is 0 Å². The standard InChI is InChI=1S/C14H18O2/c1-11-6-5-7-12(10-11)13(15)14(2)8-3-4-9-16-14/h5-7,10H,3-4,8-9H2,1-2H3. The van der Waals surface area contributed by atoms with E-state index in [1.807, 2.05) is 38.1 Å². The van der Waals surface area contributed by atoms with Crippen molar-refractivity contribution in [2.24, 2.45) is 0 Å². The largest absolute Gasteiger partial charge is 0.367 e. The highest BCUT2D eigenvalue weighted by Gasteiger charge is 2.36. The van der Waals surface area contributed by atoms with Crippen molar-refractivity contribution in [1.29, 1.82) is 0 Å². The van der Waals surface area contributed by atoms with Crippen LogP contribution in [0.3, 0.4) is 0 Å². The first-order valence-electron chi connectivity index (χ1n) is 5.87. The first-order chi connectivity index (χ1) is 7.62. The summed E-state index contributed by atoms with van der Waals surface area (Å²) in [6.07, 6.45) is 2.98. The van der Waals surface area contributed by atoms with Crippen molar-refractivity contribution in [3.8, 4) is 0 Å². The summed E-state index contributed by atoms with van der Waals surface area (Å²) in [4.78, 5) is 12.3. The molecule has 1 heterocycles. The molecule has 1 aromatic carbocycles. The first-order valence-corrected chi connectivity index (χ1v) is 5.87. The monoisotopic (exact) mass is 218 g/mol. The van der Waals surface area contributed by atoms with Crippen LogP contribution >= 0.6 is 0 Å². The topological polar surface area (TPSA) is 26.3 Å². The van der Waals surface area contributed by atoms with E-state index in [1.165, 1.54) is 0 Å². The molecule has 1 unspecified atom stereocenters. The number of rotatable bonds is 2. The number of ether oxygens (including phenoxy) is 1. The molecule has 2 heteroatoms. The van der Waals surface area contributed by atoms with E-state index < -0.39 is 5.60 Å². The number of ketones is 1. The van der Waals surface area contributed by atoms with Crippen LogP contribution < -0.4 is 0 Å². The van der Waals surface area contributed by atoms with Gasteiger partial charge in [0.05, 0.1) is 0 Å². The van der Waals surface area contributed by atoms with Gasteiger partial charge in [0.2, 0.25) is 0 Å². The van der Waals surface area contributed by atoms with Gasteiger partial charge in [-0.15, -0.1) is 0 Å². The zero-order valence-corrected chi connectivity index (χ0v) is 9.95. The van der Waals surface area contributed by atoms with Gasteiger partial charge in [-0.3, -0.25) is 4.79 Å². The highest BCUT2D eigenvalue weighted by Crippen LogP contribution is 2.28. The normalized spacial score (nSPS) is 25.4. The van der Waals surface area contributed by atoms with Crippen LogP contribution in [0.4, 0.5) is 0 Å². The zero-order chi connectivity index (χ0) is 11.6. The highest BCUT2D eigenvalue weighted by molar-refractivity contribution is 6.02. The Morgan fingerprint density at radius 2 is 2.19 bits per heavy atom. The minimum Gasteiger partial charge on any atom is -0.367 e. The molecule has 0 amide bonds. The second-order valence-electron chi connectivity index (χ2n) is 4.74. The average Bonchev–Trinajstić information content (AvgIpc) is 2.29. The van der Waals surface area contributed by atoms with Crippen LogP contribution in [0.5, 0.6) is 0 Å². The predicted molar refractivity (Wildman–Crippen MR) is 63.7 cm³/mol. The third kappa shape index (κ3) is 2.17. The highest BCUT2D eigenvalue weighted by atomic mass is 16.5. The number of Topliss-reactive ketones (excluding diaryl/α,β-unsaturated/α-hetero) is 1. The molecule has 1 aliphatic rings. The van der Waals surface area contributed by atoms with Crippen molar-refractivity contribution in [1.82, 2.24) is 0 Å². The molecule has 0 bridgehead atoms. The number of hydrogen-bond donors (Lipinski definition) is 0. The van der Waals surface area contributed by atoms with Crippen molar-refractivity contribution in [3.63, 3.8) is 0 Å². The zero-order valence-electron chi connectivity index (χ0n) is 9.95. The van der Waals surface area contributed by atoms with Crippen LogP contribution in [0, 0.1) is 6.92 Å². The smallest absolute Gasteiger partial charge is 0.194 e. The Hall–Kier alpha value is -1.15. The fraction of sp³-hybridized carbons (Fsp3) is 0.500. The lowest BCUT2D eigenvalue weighted by Crippen LogP contribution is -2.41. The van der Waals surface area contributed by atoms with E-state index in [9.17, 15) is 4.79 Å². The summed E-state index contributed by atoms with van der Waals surface area (Å²) >= 11 is 0. The van der Waals surface area contributed by atoms with Crippen LogP contribution in [0.1, 0.15) is 42.1 Å². The summed E-state index contributed by atoms with van der Waals surface area (Å²) in [5, 5.41) is 0. The molecule has 1 saturated heterocycles. The number of hydrogen-bond acceptors (Lipinski definition) is 2. The molecule has 1 atom stereocenters. The van der Waals surface area contributed by atoms with Crippen molar-refractivity contribution >= 4 is 5.78 Å². The minimum absolute atomic E-state index is 0.121. The molecular formula is C14H18O2. The summed E-state index contributed by atoms with van der Waals surface area (Å²) in [6, 6.07) is 7.74. The van der Waals surface area contributed by atoms with E-state index in [2.05, 4.69) is 0 Å². The lowest BCUT2D eigenvalue weighted by Gasteiger charge is -2.32. The van der Waals surface area contributed by atoms with Gasteiger partial charge >= 0.3 is 0 Å². The van der Waals surface area contributed by atoms with Gasteiger partial charge in [-0.1, -0.05) is 23.8 Å². The number of carbonyl (C=O) groups is 1. The second-order valence-corrected chi connectivity index (χ2v) is 4.74. The Labute approximate surface area is 96.6 Å². The van der Waals surface area contributed by atoms with E-state index >= 15 is 0 Å². The number of carbonyl (C=O) groups excluding carboxylic acids is 1. The minimum atomic E-state index is -0.605. The third-order valence-electron chi connectivity index (χ3n) is 3.23. The molecule has 0 radical (unpaired) electrons. The average molecular weight is 218 g/mol. The van der Waals surface area contributed by atoms with Gasteiger partial charge in [-0.2, -0.15) is 0 Å². The van der Waals surface area contributed by atoms with E-state index in [4.69, 9.17) is 4.74 Å². The maximum Gasteiger partial charge on any atom is 0.194 e. The van der Waals surface area contributed by atoms with Gasteiger partial charge in [0.1, 0.15) is 5.60 Å². The molecule has 0 saturated carbocycles. The summed E-state index contributed by atoms with van der Waals surface area (Å²) in [5.41, 5.74) is 1.28. The summed E-state index contributed by atoms with van der Waals surface area (Å²) in [7, 11) is 0. The maximum absolute atomic E-state index is 12.3. The van der Waals surface area contributed by atoms with Gasteiger partial charge in [-0.05, 0) is 39.2 Å². The van der Waals surface area contributed by atoms with E-state index in [-0.39, 0.29) is 5.78 Å². The molecule has 0 aliphatic carbocycles. The molecule has 1 aliphatic heterocycles. The number of aryl methyl sites for hydroxylation is 1. The van der Waals surface area contributed by atoms with Gasteiger partial charge < -0.3 is 4.74 Å². The SMILES string of the molecule is Cc1cccc(C(=O)C2(C)CCCCO2)c1. The van der Waals surface area contributed by atoms with Crippen LogP contribution in [0.15, 0.2) is 24.3 Å². The Morgan fingerprint density at radius 1 is 1.38 bits per heavy atom. The van der Waals surface area contributed by atoms with Crippen molar-refractivity contribution in [2.45, 2.75) is 38.7 Å². The molecule has 0 aromatic heterocycles.